The SMILES string of the molecule is CN(C)CCN(C(=O)Cc1ccc2c(c1)OCCCO2)C1CCCC1. The lowest BCUT2D eigenvalue weighted by molar-refractivity contribution is -0.132. The lowest BCUT2D eigenvalue weighted by Gasteiger charge is -2.30. The van der Waals surface area contributed by atoms with E-state index in [0.29, 0.717) is 25.7 Å². The van der Waals surface area contributed by atoms with Gasteiger partial charge in [0.1, 0.15) is 0 Å². The third kappa shape index (κ3) is 4.88. The summed E-state index contributed by atoms with van der Waals surface area (Å²) in [5.41, 5.74) is 1.00. The van der Waals surface area contributed by atoms with Crippen LogP contribution in [-0.2, 0) is 11.2 Å². The molecule has 5 heteroatoms. The van der Waals surface area contributed by atoms with E-state index in [9.17, 15) is 4.79 Å². The van der Waals surface area contributed by atoms with Crippen molar-refractivity contribution in [1.82, 2.24) is 9.80 Å². The molecule has 3 rings (SSSR count). The minimum atomic E-state index is 0.225. The van der Waals surface area contributed by atoms with E-state index in [1.165, 1.54) is 12.8 Å². The fraction of sp³-hybridized carbons (Fsp3) is 0.650. The Balaban J connectivity index is 1.68. The number of nitrogens with zero attached hydrogens (tertiary/aromatic N) is 2. The van der Waals surface area contributed by atoms with Crippen molar-refractivity contribution in [3.63, 3.8) is 0 Å². The molecule has 1 aromatic rings. The van der Waals surface area contributed by atoms with Gasteiger partial charge in [0, 0.05) is 25.6 Å². The monoisotopic (exact) mass is 346 g/mol. The molecular formula is C20H30N2O3. The molecule has 1 fully saturated rings. The maximum absolute atomic E-state index is 13.0. The van der Waals surface area contributed by atoms with Gasteiger partial charge in [-0.05, 0) is 44.6 Å². The van der Waals surface area contributed by atoms with Crippen molar-refractivity contribution in [2.45, 2.75) is 44.6 Å². The number of carbonyl (C=O) groups is 1. The summed E-state index contributed by atoms with van der Waals surface area (Å²) in [4.78, 5) is 17.2. The fourth-order valence-electron chi connectivity index (χ4n) is 3.63. The first-order chi connectivity index (χ1) is 12.1. The summed E-state index contributed by atoms with van der Waals surface area (Å²) in [7, 11) is 4.11. The van der Waals surface area contributed by atoms with Crippen LogP contribution >= 0.6 is 0 Å². The number of amides is 1. The number of hydrogen-bond donors (Lipinski definition) is 0. The number of likely N-dealkylation sites (N-methyl/N-ethyl adjacent to an activating group) is 1. The van der Waals surface area contributed by atoms with Gasteiger partial charge < -0.3 is 19.3 Å². The largest absolute Gasteiger partial charge is 0.490 e. The third-order valence-corrected chi connectivity index (χ3v) is 5.04. The van der Waals surface area contributed by atoms with Crippen LogP contribution in [0.3, 0.4) is 0 Å². The molecule has 0 saturated heterocycles. The Labute approximate surface area is 150 Å². The molecule has 0 aromatic heterocycles. The highest BCUT2D eigenvalue weighted by molar-refractivity contribution is 5.79. The first-order valence-corrected chi connectivity index (χ1v) is 9.46. The maximum atomic E-state index is 13.0. The van der Waals surface area contributed by atoms with Crippen molar-refractivity contribution in [2.75, 3.05) is 40.4 Å². The first kappa shape index (κ1) is 18.1. The highest BCUT2D eigenvalue weighted by Crippen LogP contribution is 2.31. The van der Waals surface area contributed by atoms with Crippen molar-refractivity contribution in [3.8, 4) is 11.5 Å². The molecule has 0 radical (unpaired) electrons. The van der Waals surface area contributed by atoms with Crippen LogP contribution in [0.5, 0.6) is 11.5 Å². The van der Waals surface area contributed by atoms with E-state index in [0.717, 1.165) is 49.4 Å². The molecule has 0 atom stereocenters. The molecule has 1 aliphatic carbocycles. The standard InChI is InChI=1S/C20H30N2O3/c1-21(2)10-11-22(17-6-3-4-7-17)20(23)15-16-8-9-18-19(14-16)25-13-5-12-24-18/h8-9,14,17H,3-7,10-13,15H2,1-2H3. The van der Waals surface area contributed by atoms with Crippen LogP contribution in [0.2, 0.25) is 0 Å². The van der Waals surface area contributed by atoms with E-state index in [-0.39, 0.29) is 5.91 Å². The maximum Gasteiger partial charge on any atom is 0.227 e. The van der Waals surface area contributed by atoms with E-state index in [2.05, 4.69) is 23.9 Å². The zero-order valence-corrected chi connectivity index (χ0v) is 15.5. The van der Waals surface area contributed by atoms with Crippen molar-refractivity contribution < 1.29 is 14.3 Å². The average molecular weight is 346 g/mol. The van der Waals surface area contributed by atoms with Crippen LogP contribution in [0.1, 0.15) is 37.7 Å². The van der Waals surface area contributed by atoms with Crippen LogP contribution in [-0.4, -0.2) is 62.1 Å². The van der Waals surface area contributed by atoms with Crippen LogP contribution in [0, 0.1) is 0 Å². The second-order valence-electron chi connectivity index (χ2n) is 7.34. The van der Waals surface area contributed by atoms with Crippen LogP contribution < -0.4 is 9.47 Å². The van der Waals surface area contributed by atoms with Gasteiger partial charge in [-0.1, -0.05) is 18.9 Å². The summed E-state index contributed by atoms with van der Waals surface area (Å²) < 4.78 is 11.4. The Morgan fingerprint density at radius 3 is 2.48 bits per heavy atom. The Kier molecular flexibility index (Phi) is 6.19. The van der Waals surface area contributed by atoms with E-state index in [4.69, 9.17) is 9.47 Å². The van der Waals surface area contributed by atoms with Gasteiger partial charge in [0.05, 0.1) is 19.6 Å². The Morgan fingerprint density at radius 2 is 1.76 bits per heavy atom. The minimum Gasteiger partial charge on any atom is -0.490 e. The van der Waals surface area contributed by atoms with Gasteiger partial charge >= 0.3 is 0 Å². The molecule has 0 bridgehead atoms. The predicted molar refractivity (Wildman–Crippen MR) is 98.3 cm³/mol. The van der Waals surface area contributed by atoms with E-state index in [1.54, 1.807) is 0 Å². The van der Waals surface area contributed by atoms with E-state index < -0.39 is 0 Å². The Morgan fingerprint density at radius 1 is 1.04 bits per heavy atom. The summed E-state index contributed by atoms with van der Waals surface area (Å²) in [5, 5.41) is 0. The second-order valence-corrected chi connectivity index (χ2v) is 7.34. The molecule has 138 valence electrons. The Bertz CT molecular complexity index is 582. The van der Waals surface area contributed by atoms with E-state index >= 15 is 0 Å². The van der Waals surface area contributed by atoms with Gasteiger partial charge in [0.25, 0.3) is 0 Å². The fourth-order valence-corrected chi connectivity index (χ4v) is 3.63. The zero-order valence-electron chi connectivity index (χ0n) is 15.5. The van der Waals surface area contributed by atoms with Gasteiger partial charge in [0.15, 0.2) is 11.5 Å². The minimum absolute atomic E-state index is 0.225. The molecule has 0 unspecified atom stereocenters. The summed E-state index contributed by atoms with van der Waals surface area (Å²) in [5.74, 6) is 1.78. The summed E-state index contributed by atoms with van der Waals surface area (Å²) in [6.45, 7) is 3.07. The number of ether oxygens (including phenoxy) is 2. The van der Waals surface area contributed by atoms with Gasteiger partial charge in [-0.15, -0.1) is 0 Å². The summed E-state index contributed by atoms with van der Waals surface area (Å²) >= 11 is 0. The number of hydrogen-bond acceptors (Lipinski definition) is 4. The van der Waals surface area contributed by atoms with Crippen molar-refractivity contribution in [3.05, 3.63) is 23.8 Å². The summed E-state index contributed by atoms with van der Waals surface area (Å²) in [6, 6.07) is 6.30. The average Bonchev–Trinajstić information content (AvgIpc) is 3.00. The molecule has 1 aliphatic heterocycles. The van der Waals surface area contributed by atoms with Crippen molar-refractivity contribution in [2.24, 2.45) is 0 Å². The smallest absolute Gasteiger partial charge is 0.227 e. The normalized spacial score (nSPS) is 17.6. The molecule has 0 spiro atoms. The second kappa shape index (κ2) is 8.56. The molecular weight excluding hydrogens is 316 g/mol. The highest BCUT2D eigenvalue weighted by Gasteiger charge is 2.26. The number of benzene rings is 1. The lowest BCUT2D eigenvalue weighted by atomic mass is 10.1. The molecule has 1 aromatic carbocycles. The molecule has 1 amide bonds. The molecule has 1 heterocycles. The van der Waals surface area contributed by atoms with Gasteiger partial charge in [-0.3, -0.25) is 4.79 Å². The molecule has 2 aliphatic rings. The Hall–Kier alpha value is -1.75. The molecule has 0 N–H and O–H groups in total. The quantitative estimate of drug-likeness (QED) is 0.794. The van der Waals surface area contributed by atoms with Crippen molar-refractivity contribution >= 4 is 5.91 Å². The zero-order chi connectivity index (χ0) is 17.6. The molecule has 5 nitrogen and oxygen atoms in total. The number of fused-ring (bicyclic) bond motifs is 1. The van der Waals surface area contributed by atoms with Gasteiger partial charge in [0.2, 0.25) is 5.91 Å². The first-order valence-electron chi connectivity index (χ1n) is 9.46. The predicted octanol–water partition coefficient (Wildman–Crippen LogP) is 2.72. The van der Waals surface area contributed by atoms with Crippen LogP contribution in [0.15, 0.2) is 18.2 Å². The number of rotatable bonds is 6. The van der Waals surface area contributed by atoms with Crippen LogP contribution in [0.4, 0.5) is 0 Å². The third-order valence-electron chi connectivity index (χ3n) is 5.04. The van der Waals surface area contributed by atoms with Gasteiger partial charge in [-0.25, -0.2) is 0 Å². The van der Waals surface area contributed by atoms with Gasteiger partial charge in [-0.2, -0.15) is 0 Å². The number of carbonyl (C=O) groups excluding carboxylic acids is 1. The van der Waals surface area contributed by atoms with E-state index in [1.807, 2.05) is 18.2 Å². The summed E-state index contributed by atoms with van der Waals surface area (Å²) in [6.07, 6.45) is 6.07. The topological polar surface area (TPSA) is 42.0 Å². The molecule has 1 saturated carbocycles. The lowest BCUT2D eigenvalue weighted by Crippen LogP contribution is -2.43. The van der Waals surface area contributed by atoms with Crippen molar-refractivity contribution in [1.29, 1.82) is 0 Å². The molecule has 25 heavy (non-hydrogen) atoms. The highest BCUT2D eigenvalue weighted by atomic mass is 16.5. The van der Waals surface area contributed by atoms with Crippen LogP contribution in [0.25, 0.3) is 0 Å².